The number of aromatic hydroxyl groups is 3. The first kappa shape index (κ1) is 15.9. The predicted octanol–water partition coefficient (Wildman–Crippen LogP) is 3.85. The fraction of sp³-hybridized carbons (Fsp3) is 0.0667. The Morgan fingerprint density at radius 3 is 1.87 bits per heavy atom. The first-order valence-corrected chi connectivity index (χ1v) is 7.36. The van der Waals surface area contributed by atoms with Gasteiger partial charge in [-0.25, -0.2) is 0 Å². The number of benzene rings is 2. The quantitative estimate of drug-likeness (QED) is 0.556. The number of rotatable bonds is 0. The Bertz CT molecular complexity index is 934. The molecule has 2 aromatic rings. The molecule has 1 aliphatic rings. The molecule has 2 aromatic carbocycles. The number of phenols is 3. The molecule has 0 heterocycles. The van der Waals surface area contributed by atoms with Crippen molar-refractivity contribution in [3.05, 3.63) is 49.0 Å². The minimum Gasteiger partial charge on any atom is -0.507 e. The second-order valence-corrected chi connectivity index (χ2v) is 6.14. The van der Waals surface area contributed by atoms with Crippen LogP contribution in [0.3, 0.4) is 0 Å². The number of hydrogen-bond acceptors (Lipinski definition) is 5. The maximum atomic E-state index is 12.7. The van der Waals surface area contributed by atoms with Crippen molar-refractivity contribution in [3.8, 4) is 17.2 Å². The molecule has 0 amide bonds. The van der Waals surface area contributed by atoms with Gasteiger partial charge in [0.1, 0.15) is 16.5 Å². The summed E-state index contributed by atoms with van der Waals surface area (Å²) in [6.07, 6.45) is 0. The van der Waals surface area contributed by atoms with Crippen LogP contribution in [0.5, 0.6) is 17.2 Å². The van der Waals surface area contributed by atoms with Crippen molar-refractivity contribution in [1.29, 1.82) is 0 Å². The van der Waals surface area contributed by atoms with E-state index < -0.39 is 50.0 Å². The van der Waals surface area contributed by atoms with Crippen LogP contribution in [0.15, 0.2) is 6.07 Å². The third-order valence-electron chi connectivity index (χ3n) is 3.66. The molecule has 0 spiro atoms. The van der Waals surface area contributed by atoms with Crippen LogP contribution in [0.2, 0.25) is 15.1 Å². The number of carbonyl (C=O) groups is 2. The Hall–Kier alpha value is -1.95. The molecule has 23 heavy (non-hydrogen) atoms. The van der Waals surface area contributed by atoms with Crippen LogP contribution in [0.1, 0.15) is 37.4 Å². The molecule has 0 saturated heterocycles. The van der Waals surface area contributed by atoms with Crippen molar-refractivity contribution in [2.75, 3.05) is 0 Å². The lowest BCUT2D eigenvalue weighted by Gasteiger charge is -2.23. The number of ketones is 2. The summed E-state index contributed by atoms with van der Waals surface area (Å²) in [4.78, 5) is 25.4. The first-order chi connectivity index (χ1) is 10.7. The van der Waals surface area contributed by atoms with Crippen molar-refractivity contribution in [2.45, 2.75) is 6.92 Å². The minimum absolute atomic E-state index is 0.0215. The summed E-state index contributed by atoms with van der Waals surface area (Å²) in [6, 6.07) is 1.23. The van der Waals surface area contributed by atoms with Gasteiger partial charge in [0.25, 0.3) is 0 Å². The van der Waals surface area contributed by atoms with E-state index in [1.807, 2.05) is 0 Å². The number of aryl methyl sites for hydroxylation is 1. The van der Waals surface area contributed by atoms with E-state index in [-0.39, 0.29) is 16.1 Å². The summed E-state index contributed by atoms with van der Waals surface area (Å²) < 4.78 is 0. The summed E-state index contributed by atoms with van der Waals surface area (Å²) in [5, 5.41) is 28.8. The third-order valence-corrected chi connectivity index (χ3v) is 4.88. The fourth-order valence-electron chi connectivity index (χ4n) is 2.57. The zero-order chi connectivity index (χ0) is 17.2. The van der Waals surface area contributed by atoms with E-state index in [0.29, 0.717) is 5.56 Å². The van der Waals surface area contributed by atoms with Crippen LogP contribution in [-0.2, 0) is 0 Å². The zero-order valence-electron chi connectivity index (χ0n) is 11.4. The highest BCUT2D eigenvalue weighted by molar-refractivity contribution is 6.46. The second-order valence-electron chi connectivity index (χ2n) is 5.01. The van der Waals surface area contributed by atoms with Crippen molar-refractivity contribution >= 4 is 46.4 Å². The Balaban J connectivity index is 2.51. The standard InChI is InChI=1S/C15H7Cl3O5/c1-3-2-4(19)5-6(9(3)16)13(21)7-8(12(5)20)14(22)11(18)15(23)10(7)17/h2,19,22-23H,1H3. The third kappa shape index (κ3) is 1.94. The SMILES string of the molecule is Cc1cc(O)c2c(c1Cl)C(=O)c1c(Cl)c(O)c(Cl)c(O)c1C2=O. The molecule has 0 radical (unpaired) electrons. The fourth-order valence-corrected chi connectivity index (χ4v) is 3.31. The van der Waals surface area contributed by atoms with E-state index in [1.165, 1.54) is 6.07 Å². The van der Waals surface area contributed by atoms with Crippen LogP contribution in [0.25, 0.3) is 0 Å². The number of phenolic OH excluding ortho intramolecular Hbond substituents is 3. The molecule has 3 rings (SSSR count). The van der Waals surface area contributed by atoms with E-state index in [2.05, 4.69) is 0 Å². The monoisotopic (exact) mass is 372 g/mol. The lowest BCUT2D eigenvalue weighted by molar-refractivity contribution is 0.0974. The second kappa shape index (κ2) is 5.03. The van der Waals surface area contributed by atoms with Gasteiger partial charge in [0.2, 0.25) is 5.78 Å². The van der Waals surface area contributed by atoms with Gasteiger partial charge in [-0.05, 0) is 18.6 Å². The summed E-state index contributed by atoms with van der Waals surface area (Å²) in [5.41, 5.74) is -1.08. The Morgan fingerprint density at radius 1 is 0.739 bits per heavy atom. The maximum Gasteiger partial charge on any atom is 0.202 e. The molecule has 0 bridgehead atoms. The minimum atomic E-state index is -0.865. The van der Waals surface area contributed by atoms with Crippen LogP contribution in [-0.4, -0.2) is 26.9 Å². The largest absolute Gasteiger partial charge is 0.507 e. The molecule has 1 aliphatic carbocycles. The Labute approximate surface area is 144 Å². The van der Waals surface area contributed by atoms with Gasteiger partial charge in [0, 0.05) is 0 Å². The highest BCUT2D eigenvalue weighted by Gasteiger charge is 2.40. The lowest BCUT2D eigenvalue weighted by atomic mass is 9.82. The van der Waals surface area contributed by atoms with Gasteiger partial charge < -0.3 is 15.3 Å². The Morgan fingerprint density at radius 2 is 1.26 bits per heavy atom. The summed E-state index contributed by atoms with van der Waals surface area (Å²) >= 11 is 17.7. The molecule has 0 atom stereocenters. The molecule has 0 saturated carbocycles. The topological polar surface area (TPSA) is 94.8 Å². The maximum absolute atomic E-state index is 12.7. The molecule has 118 valence electrons. The molecule has 0 aliphatic heterocycles. The number of carbonyl (C=O) groups excluding carboxylic acids is 2. The van der Waals surface area contributed by atoms with E-state index in [0.717, 1.165) is 0 Å². The van der Waals surface area contributed by atoms with E-state index in [1.54, 1.807) is 6.92 Å². The van der Waals surface area contributed by atoms with E-state index in [9.17, 15) is 24.9 Å². The molecule has 0 fully saturated rings. The van der Waals surface area contributed by atoms with Crippen molar-refractivity contribution in [2.24, 2.45) is 0 Å². The molecular formula is C15H7Cl3O5. The van der Waals surface area contributed by atoms with Gasteiger partial charge in [-0.1, -0.05) is 34.8 Å². The van der Waals surface area contributed by atoms with Crippen LogP contribution in [0, 0.1) is 6.92 Å². The number of hydrogen-bond donors (Lipinski definition) is 3. The summed E-state index contributed by atoms with van der Waals surface area (Å²) in [7, 11) is 0. The molecule has 8 heteroatoms. The zero-order valence-corrected chi connectivity index (χ0v) is 13.6. The van der Waals surface area contributed by atoms with E-state index in [4.69, 9.17) is 34.8 Å². The van der Waals surface area contributed by atoms with Gasteiger partial charge in [-0.15, -0.1) is 0 Å². The van der Waals surface area contributed by atoms with Gasteiger partial charge in [0.15, 0.2) is 11.5 Å². The van der Waals surface area contributed by atoms with E-state index >= 15 is 0 Å². The average Bonchev–Trinajstić information content (AvgIpc) is 2.49. The lowest BCUT2D eigenvalue weighted by Crippen LogP contribution is -2.23. The molecule has 0 unspecified atom stereocenters. The normalized spacial score (nSPS) is 13.0. The summed E-state index contributed by atoms with van der Waals surface area (Å²) in [6.45, 7) is 1.55. The average molecular weight is 374 g/mol. The number of fused-ring (bicyclic) bond motifs is 2. The van der Waals surface area contributed by atoms with Crippen molar-refractivity contribution in [1.82, 2.24) is 0 Å². The molecule has 5 nitrogen and oxygen atoms in total. The number of halogens is 3. The predicted molar refractivity (Wildman–Crippen MR) is 84.5 cm³/mol. The highest BCUT2D eigenvalue weighted by Crippen LogP contribution is 2.49. The molecular weight excluding hydrogens is 367 g/mol. The van der Waals surface area contributed by atoms with Crippen molar-refractivity contribution in [3.63, 3.8) is 0 Å². The van der Waals surface area contributed by atoms with Crippen molar-refractivity contribution < 1.29 is 24.9 Å². The van der Waals surface area contributed by atoms with Crippen LogP contribution in [0.4, 0.5) is 0 Å². The van der Waals surface area contributed by atoms with Crippen LogP contribution >= 0.6 is 34.8 Å². The van der Waals surface area contributed by atoms with Gasteiger partial charge in [0.05, 0.1) is 32.3 Å². The van der Waals surface area contributed by atoms with Gasteiger partial charge in [-0.3, -0.25) is 9.59 Å². The van der Waals surface area contributed by atoms with Crippen LogP contribution < -0.4 is 0 Å². The van der Waals surface area contributed by atoms with Gasteiger partial charge >= 0.3 is 0 Å². The first-order valence-electron chi connectivity index (χ1n) is 6.22. The smallest absolute Gasteiger partial charge is 0.202 e. The van der Waals surface area contributed by atoms with Gasteiger partial charge in [-0.2, -0.15) is 0 Å². The highest BCUT2D eigenvalue weighted by atomic mass is 35.5. The molecule has 0 aromatic heterocycles. The summed E-state index contributed by atoms with van der Waals surface area (Å²) in [5.74, 6) is -3.63. The Kier molecular flexibility index (Phi) is 3.48. The molecule has 3 N–H and O–H groups in total.